The molecule has 0 bridgehead atoms. The Morgan fingerprint density at radius 3 is 2.15 bits per heavy atom. The number of hydrogen-bond donors (Lipinski definition) is 1. The standard InChI is InChI=1S/C44H70O8/c1-11-50-34(45)15-13-12-14-26-51-38(49)44-23-18-29(28(2)3)36(44)30-16-17-32-41(8)21-20-33(52-35(46)27-39(4,5)37(47)48)40(6,7)31(41)19-22-43(32,10)42(30,9)24-25-44/h29-33,36H,2,11-27H2,1,3-10H3,(H,47,48)/t29-,30+,31-,32+,33-,36+,41-,42+,43+,44-/m0/s1. The van der Waals surface area contributed by atoms with Crippen molar-refractivity contribution in [3.63, 3.8) is 0 Å². The molecule has 5 rings (SSSR count). The van der Waals surface area contributed by atoms with Gasteiger partial charge in [0, 0.05) is 11.8 Å². The Labute approximate surface area is 313 Å². The highest BCUT2D eigenvalue weighted by Crippen LogP contribution is 2.77. The molecule has 52 heavy (non-hydrogen) atoms. The van der Waals surface area contributed by atoms with Gasteiger partial charge in [-0.25, -0.2) is 0 Å². The van der Waals surface area contributed by atoms with Gasteiger partial charge in [0.2, 0.25) is 0 Å². The summed E-state index contributed by atoms with van der Waals surface area (Å²) in [6.07, 6.45) is 12.4. The van der Waals surface area contributed by atoms with Crippen molar-refractivity contribution in [3.8, 4) is 0 Å². The molecule has 0 aromatic carbocycles. The molecule has 0 spiro atoms. The molecular formula is C44H70O8. The summed E-state index contributed by atoms with van der Waals surface area (Å²) < 4.78 is 17.4. The Morgan fingerprint density at radius 2 is 1.50 bits per heavy atom. The predicted molar refractivity (Wildman–Crippen MR) is 201 cm³/mol. The first-order valence-electron chi connectivity index (χ1n) is 20.6. The number of carbonyl (C=O) groups is 4. The molecule has 0 amide bonds. The van der Waals surface area contributed by atoms with Crippen LogP contribution in [-0.4, -0.2) is 48.3 Å². The molecule has 5 fully saturated rings. The molecule has 0 aliphatic heterocycles. The Bertz CT molecular complexity index is 1400. The highest BCUT2D eigenvalue weighted by atomic mass is 16.5. The first-order valence-corrected chi connectivity index (χ1v) is 20.6. The molecule has 0 radical (unpaired) electrons. The Hall–Kier alpha value is -2.38. The fraction of sp³-hybridized carbons (Fsp3) is 0.864. The molecule has 10 atom stereocenters. The quantitative estimate of drug-likeness (QED) is 0.0863. The minimum Gasteiger partial charge on any atom is -0.481 e. The highest BCUT2D eigenvalue weighted by Gasteiger charge is 2.72. The maximum atomic E-state index is 14.3. The van der Waals surface area contributed by atoms with Crippen molar-refractivity contribution in [1.82, 2.24) is 0 Å². The van der Waals surface area contributed by atoms with Gasteiger partial charge in [-0.1, -0.05) is 46.8 Å². The minimum absolute atomic E-state index is 0.00185. The smallest absolute Gasteiger partial charge is 0.312 e. The average molecular weight is 727 g/mol. The van der Waals surface area contributed by atoms with Crippen molar-refractivity contribution >= 4 is 23.9 Å². The molecule has 0 aromatic heterocycles. The molecule has 0 saturated heterocycles. The van der Waals surface area contributed by atoms with E-state index in [9.17, 15) is 24.3 Å². The second-order valence-electron chi connectivity index (χ2n) is 19.8. The van der Waals surface area contributed by atoms with Crippen LogP contribution in [0, 0.1) is 62.1 Å². The number of carbonyl (C=O) groups excluding carboxylic acids is 3. The summed E-state index contributed by atoms with van der Waals surface area (Å²) in [5.74, 6) is 0.343. The van der Waals surface area contributed by atoms with Gasteiger partial charge in [0.05, 0.1) is 30.5 Å². The van der Waals surface area contributed by atoms with Gasteiger partial charge in [-0.3, -0.25) is 19.2 Å². The number of rotatable bonds is 13. The van der Waals surface area contributed by atoms with Gasteiger partial charge in [-0.15, -0.1) is 0 Å². The van der Waals surface area contributed by atoms with Crippen LogP contribution < -0.4 is 0 Å². The van der Waals surface area contributed by atoms with Crippen LogP contribution in [0.25, 0.3) is 0 Å². The molecular weight excluding hydrogens is 656 g/mol. The van der Waals surface area contributed by atoms with E-state index in [1.54, 1.807) is 13.8 Å². The summed E-state index contributed by atoms with van der Waals surface area (Å²) in [4.78, 5) is 50.8. The lowest BCUT2D eigenvalue weighted by Crippen LogP contribution is -2.67. The molecule has 0 unspecified atom stereocenters. The zero-order valence-electron chi connectivity index (χ0n) is 34.0. The van der Waals surface area contributed by atoms with Crippen LogP contribution in [0.5, 0.6) is 0 Å². The van der Waals surface area contributed by atoms with Crippen molar-refractivity contribution in [2.75, 3.05) is 13.2 Å². The molecule has 8 heteroatoms. The lowest BCUT2D eigenvalue weighted by Gasteiger charge is -2.72. The van der Waals surface area contributed by atoms with E-state index in [0.717, 1.165) is 83.5 Å². The van der Waals surface area contributed by atoms with Gasteiger partial charge < -0.3 is 19.3 Å². The third kappa shape index (κ3) is 6.77. The number of allylic oxidation sites excluding steroid dienone is 1. The van der Waals surface area contributed by atoms with Crippen molar-refractivity contribution in [3.05, 3.63) is 12.2 Å². The number of fused-ring (bicyclic) bond motifs is 7. The number of unbranched alkanes of at least 4 members (excludes halogenated alkanes) is 2. The second-order valence-corrected chi connectivity index (χ2v) is 19.8. The topological polar surface area (TPSA) is 116 Å². The van der Waals surface area contributed by atoms with E-state index >= 15 is 0 Å². The maximum absolute atomic E-state index is 14.3. The van der Waals surface area contributed by atoms with E-state index in [4.69, 9.17) is 14.2 Å². The number of esters is 3. The monoisotopic (exact) mass is 727 g/mol. The number of ether oxygens (including phenoxy) is 3. The van der Waals surface area contributed by atoms with Crippen LogP contribution in [0.15, 0.2) is 12.2 Å². The van der Waals surface area contributed by atoms with Crippen LogP contribution in [0.2, 0.25) is 0 Å². The van der Waals surface area contributed by atoms with E-state index in [1.165, 1.54) is 5.57 Å². The SMILES string of the molecule is C=C(C)[C@@H]1CC[C@]2(C(=O)OCCCCCC(=O)OCC)CC[C@]3(C)[C@H](CC[C@@H]4[C@@]5(C)CC[C@H](OC(=O)CC(C)(C)C(=O)O)C(C)(C)[C@@H]5CC[C@]43C)[C@@H]12. The Morgan fingerprint density at radius 1 is 0.788 bits per heavy atom. The van der Waals surface area contributed by atoms with Gasteiger partial charge in [0.15, 0.2) is 0 Å². The van der Waals surface area contributed by atoms with Crippen molar-refractivity contribution in [2.24, 2.45) is 62.1 Å². The van der Waals surface area contributed by atoms with Crippen molar-refractivity contribution < 1.29 is 38.5 Å². The average Bonchev–Trinajstić information content (AvgIpc) is 3.45. The molecule has 5 aliphatic rings. The van der Waals surface area contributed by atoms with Gasteiger partial charge in [0.1, 0.15) is 6.10 Å². The maximum Gasteiger partial charge on any atom is 0.312 e. The third-order valence-electron chi connectivity index (χ3n) is 16.4. The lowest BCUT2D eigenvalue weighted by molar-refractivity contribution is -0.251. The summed E-state index contributed by atoms with van der Waals surface area (Å²) in [7, 11) is 0. The highest BCUT2D eigenvalue weighted by molar-refractivity contribution is 5.81. The van der Waals surface area contributed by atoms with E-state index in [2.05, 4.69) is 48.1 Å². The van der Waals surface area contributed by atoms with Gasteiger partial charge in [0.25, 0.3) is 0 Å². The molecule has 5 saturated carbocycles. The van der Waals surface area contributed by atoms with Crippen molar-refractivity contribution in [2.45, 2.75) is 165 Å². The van der Waals surface area contributed by atoms with Gasteiger partial charge in [-0.05, 0) is 157 Å². The number of hydrogen-bond acceptors (Lipinski definition) is 7. The van der Waals surface area contributed by atoms with Crippen LogP contribution in [-0.2, 0) is 33.4 Å². The van der Waals surface area contributed by atoms with Gasteiger partial charge in [-0.2, -0.15) is 0 Å². The lowest BCUT2D eigenvalue weighted by atomic mass is 9.32. The Kier molecular flexibility index (Phi) is 11.5. The Balaban J connectivity index is 1.32. The number of aliphatic carboxylic acids is 1. The first-order chi connectivity index (χ1) is 24.2. The molecule has 5 aliphatic carbocycles. The summed E-state index contributed by atoms with van der Waals surface area (Å²) in [6.45, 7) is 24.7. The number of carboxylic acids is 1. The molecule has 8 nitrogen and oxygen atoms in total. The summed E-state index contributed by atoms with van der Waals surface area (Å²) in [5, 5.41) is 9.60. The first kappa shape index (κ1) is 40.8. The van der Waals surface area contributed by atoms with Crippen LogP contribution >= 0.6 is 0 Å². The van der Waals surface area contributed by atoms with E-state index < -0.39 is 22.8 Å². The normalized spacial score (nSPS) is 39.2. The fourth-order valence-corrected chi connectivity index (χ4v) is 13.4. The third-order valence-corrected chi connectivity index (χ3v) is 16.4. The summed E-state index contributed by atoms with van der Waals surface area (Å²) in [5.41, 5.74) is -0.347. The van der Waals surface area contributed by atoms with Crippen molar-refractivity contribution in [1.29, 1.82) is 0 Å². The largest absolute Gasteiger partial charge is 0.481 e. The van der Waals surface area contributed by atoms with Crippen LogP contribution in [0.1, 0.15) is 159 Å². The van der Waals surface area contributed by atoms with E-state index in [1.807, 2.05) is 6.92 Å². The predicted octanol–water partition coefficient (Wildman–Crippen LogP) is 9.72. The molecule has 0 aromatic rings. The zero-order chi connectivity index (χ0) is 38.5. The molecule has 0 heterocycles. The van der Waals surface area contributed by atoms with E-state index in [0.29, 0.717) is 43.3 Å². The summed E-state index contributed by atoms with van der Waals surface area (Å²) >= 11 is 0. The van der Waals surface area contributed by atoms with E-state index in [-0.39, 0.29) is 52.0 Å². The second kappa shape index (κ2) is 14.7. The zero-order valence-corrected chi connectivity index (χ0v) is 34.0. The summed E-state index contributed by atoms with van der Waals surface area (Å²) in [6, 6.07) is 0. The van der Waals surface area contributed by atoms with Gasteiger partial charge >= 0.3 is 23.9 Å². The molecule has 294 valence electrons. The fourth-order valence-electron chi connectivity index (χ4n) is 13.4. The number of carboxylic acid groups (broad SMARTS) is 1. The minimum atomic E-state index is -1.16. The molecule has 1 N–H and O–H groups in total. The van der Waals surface area contributed by atoms with Crippen LogP contribution in [0.4, 0.5) is 0 Å². The van der Waals surface area contributed by atoms with Crippen LogP contribution in [0.3, 0.4) is 0 Å².